The minimum Gasteiger partial charge on any atom is -0.493 e. The molecule has 144 valence electrons. The number of rotatable bonds is 6. The van der Waals surface area contributed by atoms with Gasteiger partial charge in [0.15, 0.2) is 23.9 Å². The van der Waals surface area contributed by atoms with E-state index >= 15 is 0 Å². The summed E-state index contributed by atoms with van der Waals surface area (Å²) in [4.78, 5) is 23.4. The largest absolute Gasteiger partial charge is 0.493 e. The van der Waals surface area contributed by atoms with Gasteiger partial charge in [-0.15, -0.1) is 0 Å². The number of methoxy groups -OCH3 is 1. The predicted molar refractivity (Wildman–Crippen MR) is 93.6 cm³/mol. The normalized spacial score (nSPS) is 11.0. The highest BCUT2D eigenvalue weighted by Crippen LogP contribution is 2.34. The zero-order valence-electron chi connectivity index (χ0n) is 14.3. The van der Waals surface area contributed by atoms with Crippen LogP contribution in [0.15, 0.2) is 36.4 Å². The molecule has 0 aromatic heterocycles. The van der Waals surface area contributed by atoms with Gasteiger partial charge < -0.3 is 14.8 Å². The molecule has 0 saturated heterocycles. The summed E-state index contributed by atoms with van der Waals surface area (Å²) in [7, 11) is 1.37. The number of ether oxygens (including phenoxy) is 2. The van der Waals surface area contributed by atoms with E-state index in [9.17, 15) is 22.8 Å². The van der Waals surface area contributed by atoms with Crippen molar-refractivity contribution in [1.82, 2.24) is 0 Å². The van der Waals surface area contributed by atoms with E-state index in [4.69, 9.17) is 21.1 Å². The molecular weight excluding hydrogens is 387 g/mol. The van der Waals surface area contributed by atoms with Crippen LogP contribution in [0.2, 0.25) is 5.02 Å². The maximum Gasteiger partial charge on any atom is 0.416 e. The van der Waals surface area contributed by atoms with Crippen molar-refractivity contribution in [3.8, 4) is 11.5 Å². The smallest absolute Gasteiger partial charge is 0.416 e. The lowest BCUT2D eigenvalue weighted by Gasteiger charge is -2.13. The van der Waals surface area contributed by atoms with Crippen molar-refractivity contribution >= 4 is 29.0 Å². The first kappa shape index (κ1) is 20.6. The molecular formula is C18H15ClF3NO4. The average molecular weight is 402 g/mol. The van der Waals surface area contributed by atoms with E-state index in [0.717, 1.165) is 18.2 Å². The molecule has 0 heterocycles. The lowest BCUT2D eigenvalue weighted by Crippen LogP contribution is -2.21. The number of halogens is 4. The highest BCUT2D eigenvalue weighted by atomic mass is 35.5. The average Bonchev–Trinajstić information content (AvgIpc) is 2.60. The van der Waals surface area contributed by atoms with Gasteiger partial charge in [-0.05, 0) is 43.3 Å². The number of hydrogen-bond acceptors (Lipinski definition) is 4. The predicted octanol–water partition coefficient (Wildman–Crippen LogP) is 4.59. The fraction of sp³-hybridized carbons (Fsp3) is 0.222. The number of benzene rings is 2. The monoisotopic (exact) mass is 401 g/mol. The number of amides is 1. The summed E-state index contributed by atoms with van der Waals surface area (Å²) in [6.07, 6.45) is -4.56. The summed E-state index contributed by atoms with van der Waals surface area (Å²) in [5, 5.41) is 2.23. The number of carbonyl (C=O) groups is 2. The number of ketones is 1. The third-order valence-electron chi connectivity index (χ3n) is 3.50. The molecule has 0 atom stereocenters. The second kappa shape index (κ2) is 8.30. The van der Waals surface area contributed by atoms with E-state index in [1.54, 1.807) is 0 Å². The van der Waals surface area contributed by atoms with Crippen LogP contribution in [0.4, 0.5) is 18.9 Å². The van der Waals surface area contributed by atoms with Crippen molar-refractivity contribution < 1.29 is 32.2 Å². The van der Waals surface area contributed by atoms with E-state index in [1.807, 2.05) is 0 Å². The van der Waals surface area contributed by atoms with Gasteiger partial charge in [0.05, 0.1) is 23.4 Å². The standard InChI is InChI=1S/C18H15ClF3NO4/c1-10(24)11-3-6-15(16(7-11)26-2)27-9-17(25)23-14-8-12(18(20,21)22)4-5-13(14)19/h3-8H,9H2,1-2H3,(H,23,25). The van der Waals surface area contributed by atoms with Crippen LogP contribution in [-0.2, 0) is 11.0 Å². The molecule has 2 rings (SSSR count). The van der Waals surface area contributed by atoms with Crippen LogP contribution < -0.4 is 14.8 Å². The molecule has 0 saturated carbocycles. The van der Waals surface area contributed by atoms with Crippen LogP contribution in [0, 0.1) is 0 Å². The van der Waals surface area contributed by atoms with E-state index in [2.05, 4.69) is 5.32 Å². The maximum atomic E-state index is 12.8. The molecule has 0 aliphatic heterocycles. The van der Waals surface area contributed by atoms with Gasteiger partial charge in [0.25, 0.3) is 5.91 Å². The minimum atomic E-state index is -4.56. The molecule has 5 nitrogen and oxygen atoms in total. The molecule has 0 fully saturated rings. The van der Waals surface area contributed by atoms with Gasteiger partial charge in [0.1, 0.15) is 0 Å². The van der Waals surface area contributed by atoms with Gasteiger partial charge in [-0.3, -0.25) is 9.59 Å². The van der Waals surface area contributed by atoms with Crippen molar-refractivity contribution in [3.63, 3.8) is 0 Å². The fourth-order valence-electron chi connectivity index (χ4n) is 2.13. The molecule has 1 N–H and O–H groups in total. The number of hydrogen-bond donors (Lipinski definition) is 1. The summed E-state index contributed by atoms with van der Waals surface area (Å²) in [6.45, 7) is 0.893. The molecule has 1 amide bonds. The van der Waals surface area contributed by atoms with Gasteiger partial charge >= 0.3 is 6.18 Å². The van der Waals surface area contributed by atoms with Crippen LogP contribution >= 0.6 is 11.6 Å². The first-order valence-corrected chi connectivity index (χ1v) is 7.98. The van der Waals surface area contributed by atoms with Gasteiger partial charge in [0, 0.05) is 5.56 Å². The SMILES string of the molecule is COc1cc(C(C)=O)ccc1OCC(=O)Nc1cc(C(F)(F)F)ccc1Cl. The van der Waals surface area contributed by atoms with E-state index < -0.39 is 24.3 Å². The second-order valence-electron chi connectivity index (χ2n) is 5.45. The first-order valence-electron chi connectivity index (χ1n) is 7.60. The van der Waals surface area contributed by atoms with Crippen molar-refractivity contribution in [3.05, 3.63) is 52.5 Å². The summed E-state index contributed by atoms with van der Waals surface area (Å²) < 4.78 is 48.7. The summed E-state index contributed by atoms with van der Waals surface area (Å²) >= 11 is 5.83. The van der Waals surface area contributed by atoms with Crippen molar-refractivity contribution in [2.75, 3.05) is 19.0 Å². The van der Waals surface area contributed by atoms with E-state index in [0.29, 0.717) is 5.56 Å². The van der Waals surface area contributed by atoms with Gasteiger partial charge in [0.2, 0.25) is 0 Å². The van der Waals surface area contributed by atoms with Crippen LogP contribution in [-0.4, -0.2) is 25.4 Å². The third kappa shape index (κ3) is 5.37. The Morgan fingerprint density at radius 1 is 1.11 bits per heavy atom. The Morgan fingerprint density at radius 2 is 1.81 bits per heavy atom. The molecule has 2 aromatic carbocycles. The Hall–Kier alpha value is -2.74. The minimum absolute atomic E-state index is 0.0419. The Morgan fingerprint density at radius 3 is 2.41 bits per heavy atom. The van der Waals surface area contributed by atoms with Crippen LogP contribution in [0.25, 0.3) is 0 Å². The third-order valence-corrected chi connectivity index (χ3v) is 3.83. The highest BCUT2D eigenvalue weighted by molar-refractivity contribution is 6.33. The van der Waals surface area contributed by atoms with Crippen molar-refractivity contribution in [2.45, 2.75) is 13.1 Å². The molecule has 27 heavy (non-hydrogen) atoms. The first-order chi connectivity index (χ1) is 12.6. The Labute approximate surface area is 158 Å². The zero-order chi connectivity index (χ0) is 20.2. The van der Waals surface area contributed by atoms with E-state index in [1.165, 1.54) is 32.2 Å². The maximum absolute atomic E-state index is 12.8. The molecule has 9 heteroatoms. The van der Waals surface area contributed by atoms with Gasteiger partial charge in [-0.2, -0.15) is 13.2 Å². The van der Waals surface area contributed by atoms with Gasteiger partial charge in [-0.25, -0.2) is 0 Å². The molecule has 2 aromatic rings. The van der Waals surface area contributed by atoms with Crippen molar-refractivity contribution in [1.29, 1.82) is 0 Å². The Balaban J connectivity index is 2.08. The summed E-state index contributed by atoms with van der Waals surface area (Å²) in [6, 6.07) is 7.02. The Kier molecular flexibility index (Phi) is 6.32. The molecule has 0 unspecified atom stereocenters. The molecule has 0 radical (unpaired) electrons. The number of nitrogens with one attached hydrogen (secondary N) is 1. The number of Topliss-reactive ketones (excluding diaryl/α,β-unsaturated/α-hetero) is 1. The number of carbonyl (C=O) groups excluding carboxylic acids is 2. The lowest BCUT2D eigenvalue weighted by atomic mass is 10.1. The number of anilines is 1. The molecule has 0 spiro atoms. The number of alkyl halides is 3. The van der Waals surface area contributed by atoms with Crippen LogP contribution in [0.5, 0.6) is 11.5 Å². The van der Waals surface area contributed by atoms with Crippen LogP contribution in [0.3, 0.4) is 0 Å². The zero-order valence-corrected chi connectivity index (χ0v) is 15.1. The Bertz CT molecular complexity index is 868. The van der Waals surface area contributed by atoms with Gasteiger partial charge in [-0.1, -0.05) is 11.6 Å². The van der Waals surface area contributed by atoms with Crippen molar-refractivity contribution in [2.24, 2.45) is 0 Å². The summed E-state index contributed by atoms with van der Waals surface area (Å²) in [5.41, 5.74) is -0.719. The molecule has 0 aliphatic carbocycles. The summed E-state index contributed by atoms with van der Waals surface area (Å²) in [5.74, 6) is -0.439. The van der Waals surface area contributed by atoms with E-state index in [-0.39, 0.29) is 28.0 Å². The quantitative estimate of drug-likeness (QED) is 0.719. The molecule has 0 aliphatic rings. The topological polar surface area (TPSA) is 64.6 Å². The second-order valence-corrected chi connectivity index (χ2v) is 5.86. The molecule has 0 bridgehead atoms. The lowest BCUT2D eigenvalue weighted by molar-refractivity contribution is -0.137. The van der Waals surface area contributed by atoms with Crippen LogP contribution in [0.1, 0.15) is 22.8 Å². The fourth-order valence-corrected chi connectivity index (χ4v) is 2.30. The highest BCUT2D eigenvalue weighted by Gasteiger charge is 2.31.